The summed E-state index contributed by atoms with van der Waals surface area (Å²) >= 11 is 0. The smallest absolute Gasteiger partial charge is 0.462 e. The zero-order chi connectivity index (χ0) is 42.1. The third-order valence-electron chi connectivity index (χ3n) is 8.10. The second-order valence-corrected chi connectivity index (χ2v) is 16.5. The van der Waals surface area contributed by atoms with E-state index in [1.807, 2.05) is 20.8 Å². The van der Waals surface area contributed by atoms with E-state index >= 15 is 0 Å². The number of hydrogen-bond donors (Lipinski definition) is 3. The summed E-state index contributed by atoms with van der Waals surface area (Å²) in [6.07, 6.45) is 10.2. The van der Waals surface area contributed by atoms with Gasteiger partial charge in [-0.3, -0.25) is 37.3 Å². The Bertz CT molecular complexity index is 1150. The second kappa shape index (κ2) is 34.0. The number of hydrogen-bond acceptors (Lipinski definition) is 15. The van der Waals surface area contributed by atoms with E-state index in [-0.39, 0.29) is 25.7 Å². The molecule has 0 heterocycles. The van der Waals surface area contributed by atoms with Crippen molar-refractivity contribution in [1.82, 2.24) is 0 Å². The number of ether oxygens (including phenoxy) is 4. The maximum atomic E-state index is 12.6. The Morgan fingerprint density at radius 3 is 1.09 bits per heavy atom. The molecule has 56 heavy (non-hydrogen) atoms. The second-order valence-electron chi connectivity index (χ2n) is 13.6. The molecule has 0 spiro atoms. The van der Waals surface area contributed by atoms with E-state index in [0.717, 1.165) is 70.6 Å². The highest BCUT2D eigenvalue weighted by Gasteiger charge is 2.30. The van der Waals surface area contributed by atoms with Crippen molar-refractivity contribution in [3.63, 3.8) is 0 Å². The summed E-state index contributed by atoms with van der Waals surface area (Å²) in [5.41, 5.74) is 0. The number of phosphoric acid groups is 2. The lowest BCUT2D eigenvalue weighted by molar-refractivity contribution is -0.161. The van der Waals surface area contributed by atoms with Gasteiger partial charge in [-0.2, -0.15) is 0 Å². The SMILES string of the molecule is CCCCCCCCCC(=O)OC[C@H](COP(=O)(O)OC[C@@H](O)COP(=O)(O)OC[C@@H](COC(=O)CCCCC)OC(=O)CCCCC)OC(=O)CCCCC. The molecule has 0 saturated heterocycles. The van der Waals surface area contributed by atoms with E-state index in [4.69, 9.17) is 37.0 Å². The first-order valence-corrected chi connectivity index (χ1v) is 23.3. The van der Waals surface area contributed by atoms with E-state index in [9.17, 15) is 43.2 Å². The van der Waals surface area contributed by atoms with E-state index in [1.54, 1.807) is 0 Å². The van der Waals surface area contributed by atoms with Gasteiger partial charge in [-0.05, 0) is 25.7 Å². The van der Waals surface area contributed by atoms with Gasteiger partial charge in [-0.1, -0.05) is 105 Å². The van der Waals surface area contributed by atoms with Crippen LogP contribution in [0.5, 0.6) is 0 Å². The molecule has 0 radical (unpaired) electrons. The summed E-state index contributed by atoms with van der Waals surface area (Å²) in [6, 6.07) is 0. The van der Waals surface area contributed by atoms with Crippen LogP contribution in [-0.2, 0) is 65.4 Å². The van der Waals surface area contributed by atoms with Crippen molar-refractivity contribution in [2.75, 3.05) is 39.6 Å². The minimum Gasteiger partial charge on any atom is -0.462 e. The number of esters is 4. The third kappa shape index (κ3) is 33.1. The van der Waals surface area contributed by atoms with Crippen molar-refractivity contribution in [3.8, 4) is 0 Å². The molecular weight excluding hydrogens is 778 g/mol. The molecular formula is C37H70O17P2. The molecule has 0 saturated carbocycles. The zero-order valence-electron chi connectivity index (χ0n) is 34.1. The van der Waals surface area contributed by atoms with Crippen LogP contribution in [0.25, 0.3) is 0 Å². The molecule has 0 aromatic carbocycles. The molecule has 0 amide bonds. The Kier molecular flexibility index (Phi) is 32.8. The molecule has 0 bridgehead atoms. The Hall–Kier alpha value is -1.94. The highest BCUT2D eigenvalue weighted by molar-refractivity contribution is 7.47. The first-order valence-electron chi connectivity index (χ1n) is 20.3. The molecule has 0 aliphatic carbocycles. The summed E-state index contributed by atoms with van der Waals surface area (Å²) in [5, 5.41) is 10.2. The van der Waals surface area contributed by atoms with E-state index in [1.165, 1.54) is 6.42 Å². The molecule has 0 fully saturated rings. The fourth-order valence-electron chi connectivity index (χ4n) is 4.86. The van der Waals surface area contributed by atoms with Crippen LogP contribution >= 0.6 is 15.6 Å². The summed E-state index contributed by atoms with van der Waals surface area (Å²) in [5.74, 6) is -2.25. The van der Waals surface area contributed by atoms with Crippen LogP contribution < -0.4 is 0 Å². The first-order chi connectivity index (χ1) is 26.7. The molecule has 0 rings (SSSR count). The van der Waals surface area contributed by atoms with Crippen molar-refractivity contribution >= 4 is 39.5 Å². The van der Waals surface area contributed by atoms with Gasteiger partial charge in [0.1, 0.15) is 19.3 Å². The molecule has 17 nitrogen and oxygen atoms in total. The first kappa shape index (κ1) is 54.1. The summed E-state index contributed by atoms with van der Waals surface area (Å²) in [6.45, 7) is 4.06. The number of carbonyl (C=O) groups is 4. The highest BCUT2D eigenvalue weighted by atomic mass is 31.2. The van der Waals surface area contributed by atoms with Crippen molar-refractivity contribution in [3.05, 3.63) is 0 Å². The van der Waals surface area contributed by atoms with E-state index in [2.05, 4.69) is 6.92 Å². The minimum atomic E-state index is -4.89. The van der Waals surface area contributed by atoms with E-state index in [0.29, 0.717) is 25.7 Å². The Labute approximate surface area is 333 Å². The third-order valence-corrected chi connectivity index (χ3v) is 10.0. The van der Waals surface area contributed by atoms with Crippen LogP contribution in [0.3, 0.4) is 0 Å². The Morgan fingerprint density at radius 1 is 0.429 bits per heavy atom. The van der Waals surface area contributed by atoms with Gasteiger partial charge in [-0.25, -0.2) is 9.13 Å². The lowest BCUT2D eigenvalue weighted by Gasteiger charge is -2.21. The number of aliphatic hydroxyl groups is 1. The lowest BCUT2D eigenvalue weighted by atomic mass is 10.1. The minimum absolute atomic E-state index is 0.0877. The van der Waals surface area contributed by atoms with Gasteiger partial charge in [-0.15, -0.1) is 0 Å². The average molecular weight is 849 g/mol. The average Bonchev–Trinajstić information content (AvgIpc) is 3.15. The molecule has 0 aromatic heterocycles. The van der Waals surface area contributed by atoms with Gasteiger partial charge in [0.15, 0.2) is 12.2 Å². The predicted molar refractivity (Wildman–Crippen MR) is 206 cm³/mol. The van der Waals surface area contributed by atoms with Gasteiger partial charge in [0, 0.05) is 25.7 Å². The zero-order valence-corrected chi connectivity index (χ0v) is 35.9. The molecule has 0 aliphatic rings. The number of phosphoric ester groups is 2. The van der Waals surface area contributed by atoms with Crippen LogP contribution in [0.4, 0.5) is 0 Å². The largest absolute Gasteiger partial charge is 0.472 e. The molecule has 0 aliphatic heterocycles. The van der Waals surface area contributed by atoms with Crippen LogP contribution in [-0.4, -0.2) is 96.7 Å². The molecule has 0 aromatic rings. The van der Waals surface area contributed by atoms with Crippen LogP contribution in [0.15, 0.2) is 0 Å². The molecule has 19 heteroatoms. The molecule has 330 valence electrons. The molecule has 5 atom stereocenters. The summed E-state index contributed by atoms with van der Waals surface area (Å²) in [4.78, 5) is 69.3. The van der Waals surface area contributed by atoms with Gasteiger partial charge in [0.2, 0.25) is 0 Å². The van der Waals surface area contributed by atoms with Crippen LogP contribution in [0.2, 0.25) is 0 Å². The van der Waals surface area contributed by atoms with Crippen molar-refractivity contribution in [2.45, 2.75) is 174 Å². The van der Waals surface area contributed by atoms with Gasteiger partial charge >= 0.3 is 39.5 Å². The normalized spacial score (nSPS) is 15.2. The summed E-state index contributed by atoms with van der Waals surface area (Å²) < 4.78 is 65.5. The number of carbonyl (C=O) groups excluding carboxylic acids is 4. The molecule has 3 N–H and O–H groups in total. The summed E-state index contributed by atoms with van der Waals surface area (Å²) in [7, 11) is -9.78. The standard InChI is InChI=1S/C37H70O17P2/c1-5-9-13-14-15-16-20-22-35(40)48-28-33(54-37(42)24-19-12-8-4)30-52-56(45,46)50-26-31(38)25-49-55(43,44)51-29-32(53-36(41)23-18-11-7-3)27-47-34(39)21-17-10-6-2/h31-33,38H,5-30H2,1-4H3,(H,43,44)(H,45,46)/t31-,32+,33+/m0/s1. The number of rotatable bonds is 38. The van der Waals surface area contributed by atoms with Gasteiger partial charge in [0.05, 0.1) is 26.4 Å². The maximum absolute atomic E-state index is 12.6. The van der Waals surface area contributed by atoms with Crippen LogP contribution in [0, 0.1) is 0 Å². The monoisotopic (exact) mass is 848 g/mol. The molecule has 2 unspecified atom stereocenters. The fraction of sp³-hybridized carbons (Fsp3) is 0.892. The van der Waals surface area contributed by atoms with E-state index < -0.39 is 97.5 Å². The highest BCUT2D eigenvalue weighted by Crippen LogP contribution is 2.45. The van der Waals surface area contributed by atoms with Crippen molar-refractivity contribution < 1.29 is 80.2 Å². The van der Waals surface area contributed by atoms with Crippen LogP contribution in [0.1, 0.15) is 156 Å². The fourth-order valence-corrected chi connectivity index (χ4v) is 6.44. The predicted octanol–water partition coefficient (Wildman–Crippen LogP) is 7.41. The maximum Gasteiger partial charge on any atom is 0.472 e. The lowest BCUT2D eigenvalue weighted by Crippen LogP contribution is -2.30. The number of unbranched alkanes of at least 4 members (excludes halogenated alkanes) is 12. The Balaban J connectivity index is 5.00. The quantitative estimate of drug-likeness (QED) is 0.0237. The number of aliphatic hydroxyl groups excluding tert-OH is 1. The van der Waals surface area contributed by atoms with Gasteiger partial charge in [0.25, 0.3) is 0 Å². The van der Waals surface area contributed by atoms with Crippen molar-refractivity contribution in [1.29, 1.82) is 0 Å². The van der Waals surface area contributed by atoms with Crippen molar-refractivity contribution in [2.24, 2.45) is 0 Å². The topological polar surface area (TPSA) is 237 Å². The van der Waals surface area contributed by atoms with Gasteiger partial charge < -0.3 is 33.8 Å². The Morgan fingerprint density at radius 2 is 0.714 bits per heavy atom.